The van der Waals surface area contributed by atoms with E-state index in [1.165, 1.54) is 16.7 Å². The minimum absolute atomic E-state index is 0.181. The molecule has 0 spiro atoms. The smallest absolute Gasteiger partial charge is 0.158 e. The number of hydrogen-bond acceptors (Lipinski definition) is 7. The van der Waals surface area contributed by atoms with Gasteiger partial charge in [0.05, 0.1) is 20.8 Å². The third-order valence-electron chi connectivity index (χ3n) is 8.44. The third-order valence-corrected chi connectivity index (χ3v) is 8.44. The van der Waals surface area contributed by atoms with Crippen molar-refractivity contribution in [1.82, 2.24) is 9.80 Å². The first-order valence-electron chi connectivity index (χ1n) is 15.0. The molecule has 0 fully saturated rings. The zero-order valence-electron chi connectivity index (χ0n) is 25.5. The van der Waals surface area contributed by atoms with Crippen LogP contribution in [0, 0.1) is 11.8 Å². The second kappa shape index (κ2) is 15.3. The lowest BCUT2D eigenvalue weighted by molar-refractivity contribution is 0.116. The minimum atomic E-state index is 0.181. The van der Waals surface area contributed by atoms with Gasteiger partial charge in [0.1, 0.15) is 18.1 Å². The third kappa shape index (κ3) is 8.28. The summed E-state index contributed by atoms with van der Waals surface area (Å²) in [5.74, 6) is 3.60. The zero-order chi connectivity index (χ0) is 29.2. The predicted octanol–water partition coefficient (Wildman–Crippen LogP) is 5.43. The topological polar surface area (TPSA) is 63.6 Å². The van der Waals surface area contributed by atoms with Crippen LogP contribution < -0.4 is 4.74 Å². The van der Waals surface area contributed by atoms with Gasteiger partial charge in [0.15, 0.2) is 11.5 Å². The Balaban J connectivity index is 1.43. The summed E-state index contributed by atoms with van der Waals surface area (Å²) in [6, 6.07) is 14.5. The van der Waals surface area contributed by atoms with Crippen LogP contribution in [0.2, 0.25) is 0 Å². The van der Waals surface area contributed by atoms with Gasteiger partial charge in [-0.3, -0.25) is 4.90 Å². The van der Waals surface area contributed by atoms with Crippen molar-refractivity contribution in [3.63, 3.8) is 0 Å². The molecule has 7 heteroatoms. The molecule has 0 saturated heterocycles. The molecule has 2 aromatic carbocycles. The van der Waals surface area contributed by atoms with E-state index in [2.05, 4.69) is 66.3 Å². The first-order valence-corrected chi connectivity index (χ1v) is 15.0. The van der Waals surface area contributed by atoms with Gasteiger partial charge in [-0.1, -0.05) is 25.1 Å². The van der Waals surface area contributed by atoms with E-state index in [0.29, 0.717) is 18.3 Å². The van der Waals surface area contributed by atoms with Crippen molar-refractivity contribution in [2.75, 3.05) is 60.7 Å². The number of nitrogens with zero attached hydrogens (tertiary/aromatic N) is 2. The molecule has 0 aromatic heterocycles. The predicted molar refractivity (Wildman–Crippen MR) is 163 cm³/mol. The number of phenolic OH excluding ortho intramolecular Hbond substituents is 1. The molecule has 0 amide bonds. The number of phenols is 1. The van der Waals surface area contributed by atoms with Crippen LogP contribution in [-0.2, 0) is 33.6 Å². The number of likely N-dealkylation sites (N-methyl/N-ethyl adjacent to an activating group) is 2. The van der Waals surface area contributed by atoms with Gasteiger partial charge in [-0.25, -0.2) is 0 Å². The van der Waals surface area contributed by atoms with Crippen LogP contribution in [0.5, 0.6) is 11.5 Å². The van der Waals surface area contributed by atoms with Gasteiger partial charge in [-0.15, -0.1) is 0 Å². The Bertz CT molecular complexity index is 1160. The van der Waals surface area contributed by atoms with Gasteiger partial charge in [0, 0.05) is 38.2 Å². The monoisotopic (exact) mass is 564 g/mol. The van der Waals surface area contributed by atoms with E-state index in [0.717, 1.165) is 75.9 Å². The average Bonchev–Trinajstić information content (AvgIpc) is 2.99. The van der Waals surface area contributed by atoms with Crippen molar-refractivity contribution in [2.24, 2.45) is 11.8 Å². The lowest BCUT2D eigenvalue weighted by atomic mass is 9.72. The minimum Gasteiger partial charge on any atom is -0.508 e. The second-order valence-corrected chi connectivity index (χ2v) is 11.0. The van der Waals surface area contributed by atoms with E-state index in [4.69, 9.17) is 18.9 Å². The van der Waals surface area contributed by atoms with E-state index in [-0.39, 0.29) is 12.0 Å². The van der Waals surface area contributed by atoms with Crippen LogP contribution in [0.1, 0.15) is 37.0 Å². The van der Waals surface area contributed by atoms with Crippen molar-refractivity contribution < 1.29 is 24.1 Å². The highest BCUT2D eigenvalue weighted by molar-refractivity contribution is 5.38. The van der Waals surface area contributed by atoms with Crippen LogP contribution in [0.15, 0.2) is 66.1 Å². The van der Waals surface area contributed by atoms with Crippen LogP contribution in [0.4, 0.5) is 0 Å². The largest absolute Gasteiger partial charge is 0.508 e. The van der Waals surface area contributed by atoms with Crippen LogP contribution in [0.3, 0.4) is 0 Å². The molecule has 7 nitrogen and oxygen atoms in total. The molecular weight excluding hydrogens is 516 g/mol. The van der Waals surface area contributed by atoms with Crippen LogP contribution in [-0.4, -0.2) is 81.7 Å². The maximum Gasteiger partial charge on any atom is 0.158 e. The summed E-state index contributed by atoms with van der Waals surface area (Å²) >= 11 is 0. The molecule has 4 rings (SSSR count). The number of hydrogen-bond donors (Lipinski definition) is 1. The van der Waals surface area contributed by atoms with E-state index >= 15 is 0 Å². The number of aryl methyl sites for hydroxylation is 1. The lowest BCUT2D eigenvalue weighted by Crippen LogP contribution is -2.44. The number of ether oxygens (including phenoxy) is 4. The summed E-state index contributed by atoms with van der Waals surface area (Å²) in [4.78, 5) is 4.76. The fourth-order valence-electron chi connectivity index (χ4n) is 6.05. The molecule has 224 valence electrons. The SMILES string of the molecule is CCOCCN(C)CCOc1ccc(CN(CC)C2C=C(OC)C(OC)=CC2[C@@H]2CCc3cc(O)ccc3C2)cc1. The highest BCUT2D eigenvalue weighted by Gasteiger charge is 2.37. The fourth-order valence-corrected chi connectivity index (χ4v) is 6.05. The summed E-state index contributed by atoms with van der Waals surface area (Å²) < 4.78 is 23.0. The van der Waals surface area contributed by atoms with Crippen molar-refractivity contribution in [3.8, 4) is 11.5 Å². The Hall–Kier alpha value is -3.00. The van der Waals surface area contributed by atoms with Crippen molar-refractivity contribution >= 4 is 0 Å². The molecule has 0 saturated carbocycles. The Kier molecular flexibility index (Phi) is 11.5. The molecule has 0 radical (unpaired) electrons. The first kappa shape index (κ1) is 30.9. The highest BCUT2D eigenvalue weighted by atomic mass is 16.5. The molecule has 3 atom stereocenters. The Labute approximate surface area is 246 Å². The molecule has 0 bridgehead atoms. The van der Waals surface area contributed by atoms with Gasteiger partial charge in [-0.2, -0.15) is 0 Å². The quantitative estimate of drug-likeness (QED) is 0.290. The van der Waals surface area contributed by atoms with E-state index in [1.54, 1.807) is 14.2 Å². The number of benzene rings is 2. The Morgan fingerprint density at radius 1 is 0.902 bits per heavy atom. The average molecular weight is 565 g/mol. The summed E-state index contributed by atoms with van der Waals surface area (Å²) in [7, 11) is 5.52. The van der Waals surface area contributed by atoms with Gasteiger partial charge in [-0.05, 0) is 98.8 Å². The molecule has 0 aliphatic heterocycles. The molecular formula is C34H48N2O5. The highest BCUT2D eigenvalue weighted by Crippen LogP contribution is 2.39. The standard InChI is InChI=1S/C34H48N2O5/c1-6-36(24-25-8-14-30(15-9-25)41-19-17-35(3)16-18-40-7-2)32-23-34(39-5)33(38-4)22-31(32)28-11-10-27-21-29(37)13-12-26(27)20-28/h8-9,12-15,21-23,28,31-32,37H,6-7,10-11,16-20,24H2,1-5H3/t28-,31?,32?/m1/s1. The molecule has 2 aromatic rings. The van der Waals surface area contributed by atoms with Crippen molar-refractivity contribution in [1.29, 1.82) is 0 Å². The number of fused-ring (bicyclic) bond motifs is 1. The van der Waals surface area contributed by atoms with Gasteiger partial charge in [0.2, 0.25) is 0 Å². The summed E-state index contributed by atoms with van der Waals surface area (Å²) in [5.41, 5.74) is 3.86. The molecule has 2 unspecified atom stereocenters. The van der Waals surface area contributed by atoms with E-state index in [1.807, 2.05) is 19.1 Å². The fraction of sp³-hybridized carbons (Fsp3) is 0.529. The first-order chi connectivity index (χ1) is 19.9. The van der Waals surface area contributed by atoms with Gasteiger partial charge >= 0.3 is 0 Å². The number of aromatic hydroxyl groups is 1. The van der Waals surface area contributed by atoms with Crippen LogP contribution >= 0.6 is 0 Å². The molecule has 41 heavy (non-hydrogen) atoms. The normalized spacial score (nSPS) is 20.4. The maximum atomic E-state index is 9.96. The van der Waals surface area contributed by atoms with E-state index in [9.17, 15) is 5.11 Å². The lowest BCUT2D eigenvalue weighted by Gasteiger charge is -2.41. The summed E-state index contributed by atoms with van der Waals surface area (Å²) in [6.45, 7) is 9.91. The second-order valence-electron chi connectivity index (χ2n) is 11.0. The molecule has 0 heterocycles. The van der Waals surface area contributed by atoms with Crippen molar-refractivity contribution in [3.05, 3.63) is 82.8 Å². The van der Waals surface area contributed by atoms with Gasteiger partial charge < -0.3 is 29.0 Å². The number of methoxy groups -OCH3 is 2. The van der Waals surface area contributed by atoms with Gasteiger partial charge in [0.25, 0.3) is 0 Å². The van der Waals surface area contributed by atoms with Crippen LogP contribution in [0.25, 0.3) is 0 Å². The Morgan fingerprint density at radius 3 is 2.34 bits per heavy atom. The molecule has 2 aliphatic rings. The summed E-state index contributed by atoms with van der Waals surface area (Å²) in [6.07, 6.45) is 7.57. The molecule has 2 aliphatic carbocycles. The van der Waals surface area contributed by atoms with Crippen molar-refractivity contribution in [2.45, 2.75) is 45.7 Å². The number of rotatable bonds is 15. The Morgan fingerprint density at radius 2 is 1.63 bits per heavy atom. The maximum absolute atomic E-state index is 9.96. The summed E-state index contributed by atoms with van der Waals surface area (Å²) in [5, 5.41) is 9.96. The zero-order valence-corrected chi connectivity index (χ0v) is 25.5. The molecule has 1 N–H and O–H groups in total. The van der Waals surface area contributed by atoms with E-state index < -0.39 is 0 Å².